The van der Waals surface area contributed by atoms with Gasteiger partial charge in [0.1, 0.15) is 5.82 Å². The van der Waals surface area contributed by atoms with Crippen LogP contribution in [0.5, 0.6) is 0 Å². The van der Waals surface area contributed by atoms with Crippen molar-refractivity contribution in [1.82, 2.24) is 19.9 Å². The average Bonchev–Trinajstić information content (AvgIpc) is 3.12. The third-order valence-corrected chi connectivity index (χ3v) is 3.72. The van der Waals surface area contributed by atoms with Crippen LogP contribution in [-0.2, 0) is 6.54 Å². The summed E-state index contributed by atoms with van der Waals surface area (Å²) in [5.41, 5.74) is 1.19. The largest absolute Gasteiger partial charge is 0.347 e. The van der Waals surface area contributed by atoms with Gasteiger partial charge in [0.05, 0.1) is 6.54 Å². The zero-order valence-corrected chi connectivity index (χ0v) is 11.2. The van der Waals surface area contributed by atoms with Crippen LogP contribution in [-0.4, -0.2) is 27.0 Å². The average molecular weight is 257 g/mol. The highest BCUT2D eigenvalue weighted by molar-refractivity contribution is 5.30. The summed E-state index contributed by atoms with van der Waals surface area (Å²) in [6.45, 7) is 0.696. The van der Waals surface area contributed by atoms with Gasteiger partial charge in [-0.3, -0.25) is 0 Å². The minimum atomic E-state index is 0.624. The van der Waals surface area contributed by atoms with Crippen LogP contribution < -0.4 is 4.90 Å². The molecule has 2 aromatic heterocycles. The van der Waals surface area contributed by atoms with E-state index in [2.05, 4.69) is 21.0 Å². The Morgan fingerprint density at radius 3 is 2.84 bits per heavy atom. The minimum absolute atomic E-state index is 0.624. The zero-order valence-electron chi connectivity index (χ0n) is 11.2. The van der Waals surface area contributed by atoms with E-state index in [9.17, 15) is 0 Å². The number of nitrogens with zero attached hydrogens (tertiary/aromatic N) is 4. The molecule has 3 rings (SSSR count). The van der Waals surface area contributed by atoms with Gasteiger partial charge >= 0.3 is 0 Å². The predicted molar refractivity (Wildman–Crippen MR) is 73.9 cm³/mol. The number of anilines is 1. The molecular weight excluding hydrogens is 238 g/mol. The number of aromatic nitrogens is 4. The molecule has 0 atom stereocenters. The van der Waals surface area contributed by atoms with Crippen LogP contribution in [0.2, 0.25) is 0 Å². The van der Waals surface area contributed by atoms with Crippen molar-refractivity contribution in [3.8, 4) is 0 Å². The van der Waals surface area contributed by atoms with Crippen molar-refractivity contribution in [3.05, 3.63) is 36.2 Å². The highest BCUT2D eigenvalue weighted by Crippen LogP contribution is 2.33. The second kappa shape index (κ2) is 5.38. The van der Waals surface area contributed by atoms with E-state index in [1.165, 1.54) is 31.4 Å². The molecule has 0 spiro atoms. The van der Waals surface area contributed by atoms with Gasteiger partial charge in [0, 0.05) is 37.3 Å². The maximum absolute atomic E-state index is 4.71. The molecule has 0 radical (unpaired) electrons. The van der Waals surface area contributed by atoms with E-state index in [-0.39, 0.29) is 0 Å². The number of hydrogen-bond acceptors (Lipinski definition) is 4. The fourth-order valence-corrected chi connectivity index (χ4v) is 2.67. The van der Waals surface area contributed by atoms with Gasteiger partial charge in [-0.1, -0.05) is 12.8 Å². The second-order valence-electron chi connectivity index (χ2n) is 5.15. The molecule has 1 saturated carbocycles. The lowest BCUT2D eigenvalue weighted by Crippen LogP contribution is -2.20. The number of H-pyrrole nitrogens is 1. The Morgan fingerprint density at radius 1 is 1.26 bits per heavy atom. The van der Waals surface area contributed by atoms with E-state index >= 15 is 0 Å². The number of hydrogen-bond donors (Lipinski definition) is 1. The third kappa shape index (κ3) is 2.75. The lowest BCUT2D eigenvalue weighted by atomic mass is 10.0. The summed E-state index contributed by atoms with van der Waals surface area (Å²) in [6, 6.07) is 2.06. The summed E-state index contributed by atoms with van der Waals surface area (Å²) in [4.78, 5) is 18.4. The van der Waals surface area contributed by atoms with Gasteiger partial charge in [0.25, 0.3) is 0 Å². The molecule has 0 amide bonds. The van der Waals surface area contributed by atoms with Crippen LogP contribution in [0.3, 0.4) is 0 Å². The molecule has 19 heavy (non-hydrogen) atoms. The van der Waals surface area contributed by atoms with Crippen molar-refractivity contribution in [1.29, 1.82) is 0 Å². The Kier molecular flexibility index (Phi) is 3.44. The Labute approximate surface area is 113 Å². The van der Waals surface area contributed by atoms with Gasteiger partial charge in [0.2, 0.25) is 5.95 Å². The Hall–Kier alpha value is -1.91. The molecule has 5 nitrogen and oxygen atoms in total. The van der Waals surface area contributed by atoms with Gasteiger partial charge in [-0.15, -0.1) is 0 Å². The number of rotatable bonds is 4. The first-order chi connectivity index (χ1) is 9.33. The van der Waals surface area contributed by atoms with Crippen molar-refractivity contribution >= 4 is 5.95 Å². The van der Waals surface area contributed by atoms with E-state index in [4.69, 9.17) is 4.98 Å². The van der Waals surface area contributed by atoms with Gasteiger partial charge in [-0.25, -0.2) is 15.0 Å². The fourth-order valence-electron chi connectivity index (χ4n) is 2.67. The molecule has 1 fully saturated rings. The lowest BCUT2D eigenvalue weighted by molar-refractivity contribution is 0.688. The van der Waals surface area contributed by atoms with Crippen molar-refractivity contribution in [2.75, 3.05) is 11.9 Å². The first kappa shape index (κ1) is 12.1. The van der Waals surface area contributed by atoms with Crippen molar-refractivity contribution in [2.24, 2.45) is 0 Å². The van der Waals surface area contributed by atoms with Crippen molar-refractivity contribution < 1.29 is 0 Å². The quantitative estimate of drug-likeness (QED) is 0.914. The van der Waals surface area contributed by atoms with E-state index in [1.807, 2.05) is 24.3 Å². The molecule has 2 aromatic rings. The molecule has 0 aliphatic heterocycles. The molecule has 5 heteroatoms. The normalized spacial score (nSPS) is 15.8. The Morgan fingerprint density at radius 2 is 2.11 bits per heavy atom. The molecule has 0 aromatic carbocycles. The van der Waals surface area contributed by atoms with Crippen LogP contribution >= 0.6 is 0 Å². The third-order valence-electron chi connectivity index (χ3n) is 3.72. The topological polar surface area (TPSA) is 57.7 Å². The standard InChI is InChI=1S/C14H19N5/c1-19(10-13-15-8-9-16-13)14-17-7-6-12(18-14)11-4-2-3-5-11/h6-9,11H,2-5,10H2,1H3,(H,15,16). The summed E-state index contributed by atoms with van der Waals surface area (Å²) >= 11 is 0. The van der Waals surface area contributed by atoms with Crippen LogP contribution in [0, 0.1) is 0 Å². The van der Waals surface area contributed by atoms with E-state index in [1.54, 1.807) is 6.20 Å². The monoisotopic (exact) mass is 257 g/mol. The van der Waals surface area contributed by atoms with Gasteiger partial charge in [-0.2, -0.15) is 0 Å². The van der Waals surface area contributed by atoms with E-state index in [0.717, 1.165) is 11.8 Å². The molecule has 1 aliphatic rings. The van der Waals surface area contributed by atoms with Crippen LogP contribution in [0.4, 0.5) is 5.95 Å². The lowest BCUT2D eigenvalue weighted by Gasteiger charge is -2.17. The molecule has 100 valence electrons. The summed E-state index contributed by atoms with van der Waals surface area (Å²) < 4.78 is 0. The smallest absolute Gasteiger partial charge is 0.225 e. The Balaban J connectivity index is 1.74. The maximum atomic E-state index is 4.71. The molecule has 0 saturated heterocycles. The second-order valence-corrected chi connectivity index (χ2v) is 5.15. The van der Waals surface area contributed by atoms with Gasteiger partial charge in [0.15, 0.2) is 0 Å². The predicted octanol–water partition coefficient (Wildman–Crippen LogP) is 2.49. The molecule has 0 bridgehead atoms. The minimum Gasteiger partial charge on any atom is -0.347 e. The molecular formula is C14H19N5. The van der Waals surface area contributed by atoms with Crippen LogP contribution in [0.25, 0.3) is 0 Å². The SMILES string of the molecule is CN(Cc1ncc[nH]1)c1nccc(C2CCCC2)n1. The highest BCUT2D eigenvalue weighted by Gasteiger charge is 2.19. The summed E-state index contributed by atoms with van der Waals surface area (Å²) in [5.74, 6) is 2.33. The molecule has 1 aliphatic carbocycles. The maximum Gasteiger partial charge on any atom is 0.225 e. The highest BCUT2D eigenvalue weighted by atomic mass is 15.2. The van der Waals surface area contributed by atoms with Crippen LogP contribution in [0.15, 0.2) is 24.7 Å². The fraction of sp³-hybridized carbons (Fsp3) is 0.500. The number of imidazole rings is 1. The van der Waals surface area contributed by atoms with Crippen molar-refractivity contribution in [2.45, 2.75) is 38.1 Å². The first-order valence-electron chi connectivity index (χ1n) is 6.85. The molecule has 1 N–H and O–H groups in total. The molecule has 2 heterocycles. The summed E-state index contributed by atoms with van der Waals surface area (Å²) in [7, 11) is 2.00. The van der Waals surface area contributed by atoms with Crippen LogP contribution in [0.1, 0.15) is 43.1 Å². The van der Waals surface area contributed by atoms with E-state index < -0.39 is 0 Å². The zero-order chi connectivity index (χ0) is 13.1. The van der Waals surface area contributed by atoms with Gasteiger partial charge in [-0.05, 0) is 18.9 Å². The first-order valence-corrected chi connectivity index (χ1v) is 6.85. The number of aromatic amines is 1. The summed E-state index contributed by atoms with van der Waals surface area (Å²) in [5, 5.41) is 0. The molecule has 0 unspecified atom stereocenters. The Bertz CT molecular complexity index is 516. The number of nitrogens with one attached hydrogen (secondary N) is 1. The van der Waals surface area contributed by atoms with Crippen molar-refractivity contribution in [3.63, 3.8) is 0 Å². The van der Waals surface area contributed by atoms with Gasteiger partial charge < -0.3 is 9.88 Å². The summed E-state index contributed by atoms with van der Waals surface area (Å²) in [6.07, 6.45) is 10.6. The van der Waals surface area contributed by atoms with E-state index in [0.29, 0.717) is 12.5 Å².